The van der Waals surface area contributed by atoms with E-state index in [1.54, 1.807) is 24.3 Å². The molecule has 0 unspecified atom stereocenters. The topological polar surface area (TPSA) is 67.4 Å². The minimum Gasteiger partial charge on any atom is -0.483 e. The van der Waals surface area contributed by atoms with Gasteiger partial charge in [0, 0.05) is 23.7 Å². The molecule has 2 N–H and O–H groups in total. The maximum atomic E-state index is 12.0. The van der Waals surface area contributed by atoms with Gasteiger partial charge < -0.3 is 15.4 Å². The van der Waals surface area contributed by atoms with Crippen LogP contribution >= 0.6 is 11.6 Å². The van der Waals surface area contributed by atoms with Gasteiger partial charge in [0.2, 0.25) is 0 Å². The Labute approximate surface area is 171 Å². The summed E-state index contributed by atoms with van der Waals surface area (Å²) in [5.74, 6) is 0.266. The predicted octanol–water partition coefficient (Wildman–Crippen LogP) is 3.87. The standard InChI is InChI=1S/C22H27ClN2O3/c1-15-5-10-19(18(13-15)22(2,3)4)28-14-20(26)24-11-12-25-21(27)16-6-8-17(23)9-7-16/h5-10,13H,11-12,14H2,1-4H3,(H,24,26)(H,25,27). The molecule has 0 radical (unpaired) electrons. The minimum atomic E-state index is -0.235. The van der Waals surface area contributed by atoms with Crippen molar-refractivity contribution in [3.63, 3.8) is 0 Å². The predicted molar refractivity (Wildman–Crippen MR) is 112 cm³/mol. The Hall–Kier alpha value is -2.53. The molecule has 0 bridgehead atoms. The van der Waals surface area contributed by atoms with Gasteiger partial charge in [-0.1, -0.05) is 50.1 Å². The molecule has 0 aliphatic rings. The number of hydrogen-bond acceptors (Lipinski definition) is 3. The van der Waals surface area contributed by atoms with Crippen LogP contribution in [0.1, 0.15) is 42.3 Å². The lowest BCUT2D eigenvalue weighted by molar-refractivity contribution is -0.123. The largest absolute Gasteiger partial charge is 0.483 e. The van der Waals surface area contributed by atoms with E-state index in [4.69, 9.17) is 16.3 Å². The molecule has 0 heterocycles. The van der Waals surface area contributed by atoms with Gasteiger partial charge in [0.25, 0.3) is 11.8 Å². The van der Waals surface area contributed by atoms with Gasteiger partial charge in [-0.25, -0.2) is 0 Å². The van der Waals surface area contributed by atoms with Crippen LogP contribution in [0.5, 0.6) is 5.75 Å². The Morgan fingerprint density at radius 3 is 2.29 bits per heavy atom. The lowest BCUT2D eigenvalue weighted by atomic mass is 9.85. The molecule has 2 aromatic rings. The van der Waals surface area contributed by atoms with Crippen LogP contribution < -0.4 is 15.4 Å². The van der Waals surface area contributed by atoms with Crippen LogP contribution in [-0.4, -0.2) is 31.5 Å². The smallest absolute Gasteiger partial charge is 0.258 e. The Morgan fingerprint density at radius 1 is 1.00 bits per heavy atom. The van der Waals surface area contributed by atoms with Crippen LogP contribution in [0.3, 0.4) is 0 Å². The van der Waals surface area contributed by atoms with Crippen molar-refractivity contribution in [2.24, 2.45) is 0 Å². The maximum Gasteiger partial charge on any atom is 0.258 e. The molecular formula is C22H27ClN2O3. The summed E-state index contributed by atoms with van der Waals surface area (Å²) in [6.45, 7) is 8.93. The van der Waals surface area contributed by atoms with E-state index < -0.39 is 0 Å². The quantitative estimate of drug-likeness (QED) is 0.691. The van der Waals surface area contributed by atoms with Crippen molar-refractivity contribution in [2.45, 2.75) is 33.1 Å². The highest BCUT2D eigenvalue weighted by molar-refractivity contribution is 6.30. The molecule has 2 rings (SSSR count). The van der Waals surface area contributed by atoms with Gasteiger partial charge in [-0.2, -0.15) is 0 Å². The van der Waals surface area contributed by atoms with Gasteiger partial charge in [0.15, 0.2) is 6.61 Å². The molecule has 6 heteroatoms. The van der Waals surface area contributed by atoms with Crippen LogP contribution in [0.4, 0.5) is 0 Å². The van der Waals surface area contributed by atoms with Crippen molar-refractivity contribution in [1.29, 1.82) is 0 Å². The molecule has 0 spiro atoms. The summed E-state index contributed by atoms with van der Waals surface area (Å²) < 4.78 is 5.73. The van der Waals surface area contributed by atoms with Gasteiger partial charge in [0.1, 0.15) is 5.75 Å². The number of nitrogens with one attached hydrogen (secondary N) is 2. The molecule has 2 amide bonds. The van der Waals surface area contributed by atoms with Crippen molar-refractivity contribution in [1.82, 2.24) is 10.6 Å². The number of hydrogen-bond donors (Lipinski definition) is 2. The average Bonchev–Trinajstić information content (AvgIpc) is 2.64. The highest BCUT2D eigenvalue weighted by Crippen LogP contribution is 2.32. The zero-order valence-corrected chi connectivity index (χ0v) is 17.5. The number of carbonyl (C=O) groups is 2. The number of aryl methyl sites for hydroxylation is 1. The fourth-order valence-corrected chi connectivity index (χ4v) is 2.76. The molecule has 0 aromatic heterocycles. The molecule has 0 aliphatic heterocycles. The van der Waals surface area contributed by atoms with E-state index >= 15 is 0 Å². The van der Waals surface area contributed by atoms with E-state index in [0.717, 1.165) is 11.1 Å². The van der Waals surface area contributed by atoms with Crippen LogP contribution in [-0.2, 0) is 10.2 Å². The molecule has 28 heavy (non-hydrogen) atoms. The first kappa shape index (κ1) is 21.8. The number of rotatable bonds is 7. The summed E-state index contributed by atoms with van der Waals surface area (Å²) in [5.41, 5.74) is 2.66. The fourth-order valence-electron chi connectivity index (χ4n) is 2.63. The molecular weight excluding hydrogens is 376 g/mol. The Morgan fingerprint density at radius 2 is 1.64 bits per heavy atom. The Balaban J connectivity index is 1.76. The highest BCUT2D eigenvalue weighted by Gasteiger charge is 2.19. The molecule has 2 aromatic carbocycles. The fraction of sp³-hybridized carbons (Fsp3) is 0.364. The molecule has 0 fully saturated rings. The van der Waals surface area contributed by atoms with E-state index in [2.05, 4.69) is 37.5 Å². The molecule has 5 nitrogen and oxygen atoms in total. The zero-order valence-electron chi connectivity index (χ0n) is 16.8. The van der Waals surface area contributed by atoms with Crippen molar-refractivity contribution >= 4 is 23.4 Å². The van der Waals surface area contributed by atoms with E-state index in [-0.39, 0.29) is 23.8 Å². The molecule has 0 aliphatic carbocycles. The van der Waals surface area contributed by atoms with Crippen LogP contribution in [0.15, 0.2) is 42.5 Å². The first-order valence-electron chi connectivity index (χ1n) is 9.21. The molecule has 150 valence electrons. The van der Waals surface area contributed by atoms with E-state index in [1.807, 2.05) is 19.1 Å². The number of carbonyl (C=O) groups excluding carboxylic acids is 2. The van der Waals surface area contributed by atoms with Crippen molar-refractivity contribution in [3.05, 3.63) is 64.2 Å². The first-order chi connectivity index (χ1) is 13.2. The van der Waals surface area contributed by atoms with Crippen LogP contribution in [0.25, 0.3) is 0 Å². The summed E-state index contributed by atoms with van der Waals surface area (Å²) in [6.07, 6.45) is 0. The molecule has 0 saturated carbocycles. The third-order valence-electron chi connectivity index (χ3n) is 4.14. The van der Waals surface area contributed by atoms with E-state index in [1.165, 1.54) is 0 Å². The zero-order chi connectivity index (χ0) is 20.7. The van der Waals surface area contributed by atoms with Gasteiger partial charge >= 0.3 is 0 Å². The Bertz CT molecular complexity index is 827. The third-order valence-corrected chi connectivity index (χ3v) is 4.39. The van der Waals surface area contributed by atoms with Gasteiger partial charge in [-0.05, 0) is 48.2 Å². The molecule has 0 saturated heterocycles. The van der Waals surface area contributed by atoms with Crippen LogP contribution in [0, 0.1) is 6.92 Å². The van der Waals surface area contributed by atoms with Gasteiger partial charge in [-0.15, -0.1) is 0 Å². The SMILES string of the molecule is Cc1ccc(OCC(=O)NCCNC(=O)c2ccc(Cl)cc2)c(C(C)(C)C)c1. The van der Waals surface area contributed by atoms with E-state index in [0.29, 0.717) is 29.4 Å². The number of halogens is 1. The summed E-state index contributed by atoms with van der Waals surface area (Å²) >= 11 is 5.80. The lowest BCUT2D eigenvalue weighted by Crippen LogP contribution is -2.36. The van der Waals surface area contributed by atoms with Gasteiger partial charge in [0.05, 0.1) is 0 Å². The van der Waals surface area contributed by atoms with Crippen LogP contribution in [0.2, 0.25) is 5.02 Å². The monoisotopic (exact) mass is 402 g/mol. The normalized spacial score (nSPS) is 11.0. The first-order valence-corrected chi connectivity index (χ1v) is 9.59. The van der Waals surface area contributed by atoms with Crippen molar-refractivity contribution in [2.75, 3.05) is 19.7 Å². The third kappa shape index (κ3) is 6.57. The van der Waals surface area contributed by atoms with E-state index in [9.17, 15) is 9.59 Å². The Kier molecular flexibility index (Phi) is 7.46. The van der Waals surface area contributed by atoms with Crippen molar-refractivity contribution < 1.29 is 14.3 Å². The summed E-state index contributed by atoms with van der Waals surface area (Å²) in [7, 11) is 0. The summed E-state index contributed by atoms with van der Waals surface area (Å²) in [5, 5.41) is 6.06. The second-order valence-electron chi connectivity index (χ2n) is 7.65. The average molecular weight is 403 g/mol. The van der Waals surface area contributed by atoms with Crippen molar-refractivity contribution in [3.8, 4) is 5.75 Å². The summed E-state index contributed by atoms with van der Waals surface area (Å²) in [4.78, 5) is 24.0. The number of benzene rings is 2. The lowest BCUT2D eigenvalue weighted by Gasteiger charge is -2.23. The van der Waals surface area contributed by atoms with Gasteiger partial charge in [-0.3, -0.25) is 9.59 Å². The minimum absolute atomic E-state index is 0.0722. The second kappa shape index (κ2) is 9.60. The maximum absolute atomic E-state index is 12.0. The number of ether oxygens (including phenoxy) is 1. The molecule has 0 atom stereocenters. The second-order valence-corrected chi connectivity index (χ2v) is 8.09. The summed E-state index contributed by atoms with van der Waals surface area (Å²) in [6, 6.07) is 12.6. The number of amides is 2. The highest BCUT2D eigenvalue weighted by atomic mass is 35.5.